The normalized spacial score (nSPS) is 13.4. The Hall–Kier alpha value is -2.87. The molecule has 3 aromatic rings. The second-order valence-corrected chi connectivity index (χ2v) is 6.86. The lowest BCUT2D eigenvalue weighted by molar-refractivity contribution is -0.385. The van der Waals surface area contributed by atoms with Crippen LogP contribution in [0.5, 0.6) is 11.6 Å². The summed E-state index contributed by atoms with van der Waals surface area (Å²) in [4.78, 5) is 32.4. The van der Waals surface area contributed by atoms with E-state index in [1.54, 1.807) is 11.3 Å². The maximum atomic E-state index is 11.3. The number of aryl methyl sites for hydroxylation is 2. The van der Waals surface area contributed by atoms with Gasteiger partial charge in [0.15, 0.2) is 0 Å². The number of carbonyl (C=O) groups excluding carboxylic acids is 1. The summed E-state index contributed by atoms with van der Waals surface area (Å²) in [5.74, 6) is 0.306. The molecule has 7 nitrogen and oxygen atoms in total. The maximum Gasteiger partial charge on any atom is 0.311 e. The van der Waals surface area contributed by atoms with Crippen molar-refractivity contribution in [2.45, 2.75) is 25.7 Å². The highest BCUT2D eigenvalue weighted by molar-refractivity contribution is 7.18. The Morgan fingerprint density at radius 2 is 2.08 bits per heavy atom. The highest BCUT2D eigenvalue weighted by atomic mass is 32.1. The van der Waals surface area contributed by atoms with Crippen molar-refractivity contribution in [3.05, 3.63) is 50.6 Å². The Kier molecular flexibility index (Phi) is 3.89. The molecule has 0 saturated heterocycles. The van der Waals surface area contributed by atoms with Gasteiger partial charge in [0.1, 0.15) is 17.4 Å². The van der Waals surface area contributed by atoms with Crippen LogP contribution in [0.4, 0.5) is 5.69 Å². The number of ether oxygens (including phenoxy) is 1. The molecular formula is C17H13N3O4S. The lowest BCUT2D eigenvalue weighted by Crippen LogP contribution is -2.00. The number of aldehydes is 1. The van der Waals surface area contributed by atoms with Gasteiger partial charge in [-0.05, 0) is 43.4 Å². The Bertz CT molecular complexity index is 999. The third kappa shape index (κ3) is 2.74. The smallest absolute Gasteiger partial charge is 0.311 e. The van der Waals surface area contributed by atoms with Crippen molar-refractivity contribution >= 4 is 33.5 Å². The second kappa shape index (κ2) is 6.21. The molecule has 8 heteroatoms. The van der Waals surface area contributed by atoms with Crippen molar-refractivity contribution in [3.63, 3.8) is 0 Å². The van der Waals surface area contributed by atoms with E-state index in [4.69, 9.17) is 4.74 Å². The monoisotopic (exact) mass is 355 g/mol. The molecule has 1 aliphatic rings. The second-order valence-electron chi connectivity index (χ2n) is 5.77. The summed E-state index contributed by atoms with van der Waals surface area (Å²) in [6.07, 6.45) is 6.20. The molecule has 0 bridgehead atoms. The van der Waals surface area contributed by atoms with Crippen molar-refractivity contribution in [1.82, 2.24) is 9.97 Å². The van der Waals surface area contributed by atoms with E-state index in [1.165, 1.54) is 35.0 Å². The molecule has 2 heterocycles. The van der Waals surface area contributed by atoms with Gasteiger partial charge in [-0.1, -0.05) is 0 Å². The van der Waals surface area contributed by atoms with Crippen LogP contribution in [0, 0.1) is 10.1 Å². The molecule has 1 aliphatic carbocycles. The minimum Gasteiger partial charge on any atom is -0.431 e. The highest BCUT2D eigenvalue weighted by Gasteiger charge is 2.23. The Balaban J connectivity index is 1.85. The average Bonchev–Trinajstić information content (AvgIpc) is 3.01. The van der Waals surface area contributed by atoms with E-state index in [-0.39, 0.29) is 11.4 Å². The summed E-state index contributed by atoms with van der Waals surface area (Å²) in [5.41, 5.74) is 1.27. The first kappa shape index (κ1) is 15.6. The number of benzene rings is 1. The summed E-state index contributed by atoms with van der Waals surface area (Å²) >= 11 is 1.62. The van der Waals surface area contributed by atoms with Gasteiger partial charge in [0.2, 0.25) is 11.6 Å². The van der Waals surface area contributed by atoms with E-state index in [0.717, 1.165) is 35.9 Å². The zero-order valence-electron chi connectivity index (χ0n) is 13.1. The first-order valence-electron chi connectivity index (χ1n) is 7.84. The predicted molar refractivity (Wildman–Crippen MR) is 92.6 cm³/mol. The average molecular weight is 355 g/mol. The van der Waals surface area contributed by atoms with Crippen LogP contribution >= 0.6 is 11.3 Å². The number of nitro groups is 1. The molecule has 0 aliphatic heterocycles. The molecule has 0 spiro atoms. The van der Waals surface area contributed by atoms with Crippen molar-refractivity contribution in [3.8, 4) is 11.6 Å². The molecule has 0 radical (unpaired) electrons. The standard InChI is InChI=1S/C17H13N3O4S/c21-8-10-5-6-12(20(22)23)13(7-10)24-16-15-11-3-1-2-4-14(11)25-17(15)19-9-18-16/h5-9H,1-4H2. The molecule has 126 valence electrons. The first-order valence-corrected chi connectivity index (χ1v) is 8.65. The topological polar surface area (TPSA) is 95.2 Å². The van der Waals surface area contributed by atoms with E-state index in [1.807, 2.05) is 0 Å². The number of nitrogens with zero attached hydrogens (tertiary/aromatic N) is 3. The molecule has 0 N–H and O–H groups in total. The molecule has 0 unspecified atom stereocenters. The van der Waals surface area contributed by atoms with E-state index in [0.29, 0.717) is 17.7 Å². The number of carbonyl (C=O) groups is 1. The van der Waals surface area contributed by atoms with Gasteiger partial charge in [0.05, 0.1) is 10.3 Å². The number of nitro benzene ring substituents is 1. The molecule has 2 aromatic heterocycles. The SMILES string of the molecule is O=Cc1ccc([N+](=O)[O-])c(Oc2ncnc3sc4c(c23)CCCC4)c1. The van der Waals surface area contributed by atoms with Gasteiger partial charge in [0.25, 0.3) is 0 Å². The van der Waals surface area contributed by atoms with Gasteiger partial charge in [0, 0.05) is 16.5 Å². The molecule has 0 saturated carbocycles. The lowest BCUT2D eigenvalue weighted by Gasteiger charge is -2.12. The largest absolute Gasteiger partial charge is 0.431 e. The van der Waals surface area contributed by atoms with Gasteiger partial charge in [-0.15, -0.1) is 11.3 Å². The molecule has 25 heavy (non-hydrogen) atoms. The lowest BCUT2D eigenvalue weighted by atomic mass is 9.97. The molecule has 0 atom stereocenters. The summed E-state index contributed by atoms with van der Waals surface area (Å²) in [7, 11) is 0. The quantitative estimate of drug-likeness (QED) is 0.397. The number of hydrogen-bond acceptors (Lipinski definition) is 7. The predicted octanol–water partition coefficient (Wildman–Crippen LogP) is 4.08. The molecule has 1 aromatic carbocycles. The van der Waals surface area contributed by atoms with Crippen molar-refractivity contribution < 1.29 is 14.5 Å². The number of rotatable bonds is 4. The van der Waals surface area contributed by atoms with Crippen LogP contribution in [0.2, 0.25) is 0 Å². The van der Waals surface area contributed by atoms with Crippen molar-refractivity contribution in [1.29, 1.82) is 0 Å². The van der Waals surface area contributed by atoms with Gasteiger partial charge >= 0.3 is 5.69 Å². The Morgan fingerprint density at radius 3 is 2.88 bits per heavy atom. The van der Waals surface area contributed by atoms with Crippen LogP contribution in [-0.4, -0.2) is 21.2 Å². The van der Waals surface area contributed by atoms with Gasteiger partial charge in [-0.3, -0.25) is 14.9 Å². The number of thiophene rings is 1. The Morgan fingerprint density at radius 1 is 1.24 bits per heavy atom. The molecular weight excluding hydrogens is 342 g/mol. The van der Waals surface area contributed by atoms with Gasteiger partial charge in [-0.2, -0.15) is 0 Å². The summed E-state index contributed by atoms with van der Waals surface area (Å²) in [6.45, 7) is 0. The van der Waals surface area contributed by atoms with Crippen LogP contribution in [0.15, 0.2) is 24.5 Å². The third-order valence-electron chi connectivity index (χ3n) is 4.24. The summed E-state index contributed by atoms with van der Waals surface area (Å²) in [5, 5.41) is 12.1. The number of fused-ring (bicyclic) bond motifs is 3. The zero-order chi connectivity index (χ0) is 17.4. The summed E-state index contributed by atoms with van der Waals surface area (Å²) < 4.78 is 5.81. The third-order valence-corrected chi connectivity index (χ3v) is 5.44. The fourth-order valence-electron chi connectivity index (χ4n) is 3.08. The first-order chi connectivity index (χ1) is 12.2. The van der Waals surface area contributed by atoms with E-state index in [2.05, 4.69) is 9.97 Å². The van der Waals surface area contributed by atoms with Crippen LogP contribution in [0.25, 0.3) is 10.2 Å². The minimum absolute atomic E-state index is 0.00496. The van der Waals surface area contributed by atoms with E-state index < -0.39 is 4.92 Å². The number of hydrogen-bond donors (Lipinski definition) is 0. The van der Waals surface area contributed by atoms with E-state index in [9.17, 15) is 14.9 Å². The van der Waals surface area contributed by atoms with Gasteiger partial charge < -0.3 is 4.74 Å². The van der Waals surface area contributed by atoms with Crippen LogP contribution in [0.3, 0.4) is 0 Å². The number of aromatic nitrogens is 2. The highest BCUT2D eigenvalue weighted by Crippen LogP contribution is 2.41. The Labute approximate surface area is 146 Å². The van der Waals surface area contributed by atoms with Crippen LogP contribution in [0.1, 0.15) is 33.6 Å². The fourth-order valence-corrected chi connectivity index (χ4v) is 4.30. The molecule has 0 fully saturated rings. The minimum atomic E-state index is -0.536. The van der Waals surface area contributed by atoms with Crippen molar-refractivity contribution in [2.75, 3.05) is 0 Å². The summed E-state index contributed by atoms with van der Waals surface area (Å²) in [6, 6.07) is 4.01. The van der Waals surface area contributed by atoms with E-state index >= 15 is 0 Å². The zero-order valence-corrected chi connectivity index (χ0v) is 13.9. The van der Waals surface area contributed by atoms with Crippen LogP contribution < -0.4 is 4.74 Å². The van der Waals surface area contributed by atoms with Crippen molar-refractivity contribution in [2.24, 2.45) is 0 Å². The fraction of sp³-hybridized carbons (Fsp3) is 0.235. The molecule has 4 rings (SSSR count). The van der Waals surface area contributed by atoms with Crippen LogP contribution in [-0.2, 0) is 12.8 Å². The molecule has 0 amide bonds. The van der Waals surface area contributed by atoms with Gasteiger partial charge in [-0.25, -0.2) is 9.97 Å². The maximum absolute atomic E-state index is 11.3.